The Morgan fingerprint density at radius 3 is 0.936 bits per heavy atom. The number of nitrogens with one attached hydrogen (secondary N) is 4. The van der Waals surface area contributed by atoms with Crippen LogP contribution < -0.4 is 35.5 Å². The number of methoxy groups -OCH3 is 3. The van der Waals surface area contributed by atoms with Crippen molar-refractivity contribution in [3.8, 4) is 34.5 Å². The van der Waals surface area contributed by atoms with Gasteiger partial charge in [0.05, 0.1) is 88.1 Å². The number of benzene rings is 8. The molecule has 4 heterocycles. The molecule has 8 aromatic carbocycles. The van der Waals surface area contributed by atoms with Gasteiger partial charge >= 0.3 is 0 Å². The van der Waals surface area contributed by atoms with Crippen LogP contribution in [-0.2, 0) is 39.3 Å². The van der Waals surface area contributed by atoms with E-state index in [1.54, 1.807) is 31.4 Å². The van der Waals surface area contributed by atoms with E-state index in [1.807, 2.05) is 142 Å². The molecule has 12 rings (SSSR count). The van der Waals surface area contributed by atoms with Crippen molar-refractivity contribution in [1.82, 2.24) is 21.3 Å². The largest absolute Gasteiger partial charge is 0.508 e. The number of unbranched alkanes of at least 4 members (excludes halogenated alkanes) is 4. The van der Waals surface area contributed by atoms with Crippen molar-refractivity contribution in [2.24, 2.45) is 0 Å². The number of rotatable bonds is 23. The third-order valence-corrected chi connectivity index (χ3v) is 30.2. The number of ether oxygens (including phenoxy) is 3. The van der Waals surface area contributed by atoms with Gasteiger partial charge in [-0.1, -0.05) is 240 Å². The Labute approximate surface area is 648 Å². The molecule has 0 saturated heterocycles. The molecule has 0 radical (unpaired) electrons. The van der Waals surface area contributed by atoms with E-state index in [2.05, 4.69) is 68.0 Å². The Bertz CT molecular complexity index is 4800. The van der Waals surface area contributed by atoms with E-state index >= 15 is 0 Å². The average molecular weight is 1570 g/mol. The smallest absolute Gasteiger partial charge is 0.180 e. The van der Waals surface area contributed by atoms with Crippen LogP contribution in [-0.4, -0.2) is 115 Å². The van der Waals surface area contributed by atoms with Gasteiger partial charge in [-0.05, 0) is 132 Å². The lowest BCUT2D eigenvalue weighted by Crippen LogP contribution is -2.50. The third-order valence-electron chi connectivity index (χ3n) is 22.4. The molecule has 0 bridgehead atoms. The van der Waals surface area contributed by atoms with E-state index in [4.69, 9.17) is 14.2 Å². The Morgan fingerprint density at radius 2 is 0.615 bits per heavy atom. The second-order valence-corrected chi connectivity index (χ2v) is 37.5. The molecule has 0 spiro atoms. The zero-order valence-corrected chi connectivity index (χ0v) is 68.5. The fraction of sp³-hybridized carbons (Fsp3) is 0.448. The van der Waals surface area contributed by atoms with Crippen LogP contribution in [0.1, 0.15) is 227 Å². The van der Waals surface area contributed by atoms with Gasteiger partial charge in [0, 0.05) is 34.3 Å². The monoisotopic (exact) mass is 1570 g/mol. The predicted octanol–water partition coefficient (Wildman–Crippen LogP) is 17.1. The second kappa shape index (κ2) is 37.0. The van der Waals surface area contributed by atoms with Crippen molar-refractivity contribution in [1.29, 1.82) is 0 Å². The minimum atomic E-state index is -3.60. The third kappa shape index (κ3) is 19.9. The summed E-state index contributed by atoms with van der Waals surface area (Å²) in [6.45, 7) is 16.7. The summed E-state index contributed by atoms with van der Waals surface area (Å²) in [6, 6.07) is 54.7. The van der Waals surface area contributed by atoms with Gasteiger partial charge in [-0.25, -0.2) is 33.7 Å². The van der Waals surface area contributed by atoms with E-state index < -0.39 is 61.5 Å². The molecular weight excluding hydrogens is 1450 g/mol. The Kier molecular flexibility index (Phi) is 28.9. The normalized spacial score (nSPS) is 24.0. The maximum absolute atomic E-state index is 13.4. The quantitative estimate of drug-likeness (QED) is 0.0313. The van der Waals surface area contributed by atoms with Crippen molar-refractivity contribution in [2.75, 3.05) is 44.3 Å². The van der Waals surface area contributed by atoms with Crippen LogP contribution in [0, 0.1) is 0 Å². The molecule has 7 N–H and O–H groups in total. The molecule has 8 aromatic rings. The van der Waals surface area contributed by atoms with E-state index in [0.29, 0.717) is 40.2 Å². The molecule has 22 heteroatoms. The zero-order chi connectivity index (χ0) is 79.0. The molecule has 0 fully saturated rings. The first kappa shape index (κ1) is 85.2. The number of fused-ring (bicyclic) bond motifs is 4. The highest BCUT2D eigenvalue weighted by molar-refractivity contribution is 7.92. The molecular formula is C87H114N4O14S4. The SMILES string of the molecule is CCCC[C@]1(CC)CS(=O)(=O)c2cc(O)c(OC)cc2[C@@H](c2ccccc2)N1.CCCC[C@]1(CC)CS(=O)(=O)c2cc(O)ccc2[C@@H](c2ccccc2)N1.CCCC[C@]1(CC)CS(=O)(=O)c2cc(OC)c(O)cc2[C@@H](c2ccccc2)N1.CCCC[C@]1(CC)CS(=O)(=O)c2cc(OC)ccc2[C@@H](c2ccccc2)N1. The number of hydrogen-bond acceptors (Lipinski definition) is 18. The van der Waals surface area contributed by atoms with Gasteiger partial charge in [0.2, 0.25) is 0 Å². The van der Waals surface area contributed by atoms with Gasteiger partial charge in [0.1, 0.15) is 11.5 Å². The molecule has 4 aliphatic rings. The molecule has 8 atom stereocenters. The van der Waals surface area contributed by atoms with Crippen molar-refractivity contribution >= 4 is 39.3 Å². The summed E-state index contributed by atoms with van der Waals surface area (Å²) < 4.78 is 123. The summed E-state index contributed by atoms with van der Waals surface area (Å²) in [5.74, 6) is 0.987. The fourth-order valence-corrected chi connectivity index (χ4v) is 24.5. The topological polar surface area (TPSA) is 273 Å². The first-order valence-electron chi connectivity index (χ1n) is 38.6. The second-order valence-electron chi connectivity index (χ2n) is 29.7. The molecule has 0 unspecified atom stereocenters. The van der Waals surface area contributed by atoms with E-state index in [0.717, 1.165) is 118 Å². The van der Waals surface area contributed by atoms with Gasteiger partial charge in [-0.15, -0.1) is 0 Å². The lowest BCUT2D eigenvalue weighted by Gasteiger charge is -2.36. The Balaban J connectivity index is 0.000000168. The number of phenolic OH excluding ortho intramolecular Hbond substituents is 3. The number of phenols is 3. The summed E-state index contributed by atoms with van der Waals surface area (Å²) in [5, 5.41) is 45.4. The highest BCUT2D eigenvalue weighted by Crippen LogP contribution is 2.47. The molecule has 0 aliphatic carbocycles. The molecule has 18 nitrogen and oxygen atoms in total. The predicted molar refractivity (Wildman–Crippen MR) is 435 cm³/mol. The lowest BCUT2D eigenvalue weighted by atomic mass is 9.88. The van der Waals surface area contributed by atoms with E-state index in [9.17, 15) is 49.0 Å². The van der Waals surface area contributed by atoms with E-state index in [-0.39, 0.29) is 90.6 Å². The summed E-state index contributed by atoms with van der Waals surface area (Å²) in [5.41, 5.74) is 4.78. The van der Waals surface area contributed by atoms with Gasteiger partial charge in [-0.3, -0.25) is 21.3 Å². The average Bonchev–Trinajstić information content (AvgIpc) is 1.65. The first-order valence-corrected chi connectivity index (χ1v) is 45.2. The molecule has 0 saturated carbocycles. The summed E-state index contributed by atoms with van der Waals surface area (Å²) in [6.07, 6.45) is 14.0. The maximum Gasteiger partial charge on any atom is 0.180 e. The Morgan fingerprint density at radius 1 is 0.330 bits per heavy atom. The lowest BCUT2D eigenvalue weighted by molar-refractivity contribution is 0.294. The van der Waals surface area contributed by atoms with Crippen LogP contribution in [0.3, 0.4) is 0 Å². The van der Waals surface area contributed by atoms with Gasteiger partial charge in [-0.2, -0.15) is 0 Å². The van der Waals surface area contributed by atoms with Crippen LogP contribution in [0.15, 0.2) is 202 Å². The van der Waals surface area contributed by atoms with Gasteiger partial charge in [0.15, 0.2) is 62.3 Å². The van der Waals surface area contributed by atoms with Crippen LogP contribution in [0.4, 0.5) is 0 Å². The van der Waals surface area contributed by atoms with Crippen LogP contribution in [0.2, 0.25) is 0 Å². The Hall–Kier alpha value is -7.80. The fourth-order valence-electron chi connectivity index (χ4n) is 15.9. The standard InChI is InChI=1S/2C22H29NO4S.C22H29NO3S.C21H27NO3S/c1-4-6-12-22(5-2)15-28(25,26)20-14-18(24)19(27-3)13-17(20)21(23-22)16-10-8-7-9-11-16;1-4-6-12-22(5-2)15-28(25,26)20-14-19(27-3)18(24)13-17(20)21(23-22)16-10-8-7-9-11-16;1-4-6-14-22(5-2)16-27(24,25)20-15-18(26-3)12-13-19(20)21(23-22)17-10-8-7-9-11-17;1-3-5-13-21(4-2)15-26(24,25)19-14-17(23)11-12-18(19)20(22-21)16-9-7-6-8-10-16/h2*7-11,13-14,21,23-24H,4-6,12,15H2,1-3H3;7-13,15,21,23H,4-6,14,16H2,1-3H3;6-12,14,20,22-23H,3-5,13,15H2,1-2H3/t3*21-,22-;20-,21-/m1111/s1. The summed E-state index contributed by atoms with van der Waals surface area (Å²) in [7, 11) is -9.67. The van der Waals surface area contributed by atoms with Crippen molar-refractivity contribution in [3.63, 3.8) is 0 Å². The first-order chi connectivity index (χ1) is 52.1. The number of aromatic hydroxyl groups is 3. The maximum atomic E-state index is 13.4. The van der Waals surface area contributed by atoms with Crippen LogP contribution >= 0.6 is 0 Å². The summed E-state index contributed by atoms with van der Waals surface area (Å²) >= 11 is 0. The molecule has 590 valence electrons. The number of sulfone groups is 4. The highest BCUT2D eigenvalue weighted by atomic mass is 32.2. The number of hydrogen-bond donors (Lipinski definition) is 7. The minimum Gasteiger partial charge on any atom is -0.508 e. The van der Waals surface area contributed by atoms with Gasteiger partial charge < -0.3 is 29.5 Å². The molecule has 0 amide bonds. The minimum absolute atomic E-state index is 0.0125. The molecule has 4 aliphatic heterocycles. The van der Waals surface area contributed by atoms with Crippen molar-refractivity contribution < 1.29 is 63.2 Å². The molecule has 0 aromatic heterocycles. The van der Waals surface area contributed by atoms with Crippen LogP contribution in [0.5, 0.6) is 34.5 Å². The van der Waals surface area contributed by atoms with E-state index in [1.165, 1.54) is 38.5 Å². The van der Waals surface area contributed by atoms with Crippen LogP contribution in [0.25, 0.3) is 0 Å². The van der Waals surface area contributed by atoms with Crippen molar-refractivity contribution in [3.05, 3.63) is 226 Å². The highest BCUT2D eigenvalue weighted by Gasteiger charge is 2.47. The van der Waals surface area contributed by atoms with Crippen molar-refractivity contribution in [2.45, 2.75) is 224 Å². The zero-order valence-electron chi connectivity index (χ0n) is 65.2. The molecule has 109 heavy (non-hydrogen) atoms. The summed E-state index contributed by atoms with van der Waals surface area (Å²) in [4.78, 5) is 1.04. The van der Waals surface area contributed by atoms with Gasteiger partial charge in [0.25, 0.3) is 0 Å².